The van der Waals surface area contributed by atoms with E-state index in [4.69, 9.17) is 0 Å². The van der Waals surface area contributed by atoms with Crippen LogP contribution < -0.4 is 0 Å². The Morgan fingerprint density at radius 1 is 0.955 bits per heavy atom. The lowest BCUT2D eigenvalue weighted by Gasteiger charge is -2.35. The molecular weight excluding hydrogens is 300 g/mol. The van der Waals surface area contributed by atoms with Crippen molar-refractivity contribution >= 4 is 9.84 Å². The van der Waals surface area contributed by atoms with Crippen LogP contribution in [0, 0.1) is 6.92 Å². The molecule has 3 rings (SSSR count). The van der Waals surface area contributed by atoms with Crippen LogP contribution in [0.2, 0.25) is 0 Å². The highest BCUT2D eigenvalue weighted by atomic mass is 32.2. The largest absolute Gasteiger partial charge is 0.238 e. The summed E-state index contributed by atoms with van der Waals surface area (Å²) in [5.41, 5.74) is -0.644. The predicted octanol–water partition coefficient (Wildman–Crippen LogP) is 3.32. The van der Waals surface area contributed by atoms with Crippen molar-refractivity contribution in [2.45, 2.75) is 61.5 Å². The molecule has 1 aromatic carbocycles. The molecule has 0 amide bonds. The Labute approximate surface area is 130 Å². The summed E-state index contributed by atoms with van der Waals surface area (Å²) in [6.07, 6.45) is 0. The maximum Gasteiger partial charge on any atom is 0.238 e. The van der Waals surface area contributed by atoms with Crippen LogP contribution in [0.15, 0.2) is 49.6 Å². The third-order valence-corrected chi connectivity index (χ3v) is 7.05. The van der Waals surface area contributed by atoms with Gasteiger partial charge in [0.15, 0.2) is 0 Å². The zero-order valence-corrected chi connectivity index (χ0v) is 14.2. The van der Waals surface area contributed by atoms with E-state index in [1.807, 2.05) is 20.8 Å². The SMILES string of the molecule is Cc1ccc(S(=O)(=O)C23N=NC(C)(C)C2N=NC3(C)C)cc1. The van der Waals surface area contributed by atoms with Gasteiger partial charge in [0.05, 0.1) is 4.90 Å². The second-order valence-corrected chi connectivity index (χ2v) is 9.14. The highest BCUT2D eigenvalue weighted by molar-refractivity contribution is 7.93. The molecule has 0 spiro atoms. The molecule has 0 saturated heterocycles. The van der Waals surface area contributed by atoms with Gasteiger partial charge < -0.3 is 0 Å². The maximum atomic E-state index is 13.4. The lowest BCUT2D eigenvalue weighted by molar-refractivity contribution is 0.341. The molecule has 0 aromatic heterocycles. The lowest BCUT2D eigenvalue weighted by atomic mass is 9.83. The smallest absolute Gasteiger partial charge is 0.221 e. The quantitative estimate of drug-likeness (QED) is 0.837. The van der Waals surface area contributed by atoms with Gasteiger partial charge in [-0.2, -0.15) is 20.5 Å². The van der Waals surface area contributed by atoms with E-state index in [1.165, 1.54) is 0 Å². The second kappa shape index (κ2) is 4.22. The molecule has 22 heavy (non-hydrogen) atoms. The molecule has 2 heterocycles. The van der Waals surface area contributed by atoms with Crippen molar-refractivity contribution in [2.75, 3.05) is 0 Å². The fourth-order valence-corrected chi connectivity index (χ4v) is 5.50. The average Bonchev–Trinajstić information content (AvgIpc) is 2.86. The molecule has 0 radical (unpaired) electrons. The summed E-state index contributed by atoms with van der Waals surface area (Å²) in [4.78, 5) is -1.24. The number of rotatable bonds is 2. The van der Waals surface area contributed by atoms with Gasteiger partial charge in [-0.25, -0.2) is 8.42 Å². The molecule has 0 aliphatic carbocycles. The number of hydrogen-bond acceptors (Lipinski definition) is 6. The molecule has 6 nitrogen and oxygen atoms in total. The monoisotopic (exact) mass is 320 g/mol. The van der Waals surface area contributed by atoms with Crippen LogP contribution >= 0.6 is 0 Å². The van der Waals surface area contributed by atoms with Crippen LogP contribution in [0.25, 0.3) is 0 Å². The highest BCUT2D eigenvalue weighted by Crippen LogP contribution is 2.54. The predicted molar refractivity (Wildman–Crippen MR) is 82.8 cm³/mol. The number of nitrogens with zero attached hydrogens (tertiary/aromatic N) is 4. The first kappa shape index (κ1) is 15.3. The van der Waals surface area contributed by atoms with Gasteiger partial charge in [-0.1, -0.05) is 17.7 Å². The first-order chi connectivity index (χ1) is 10.0. The number of aryl methyl sites for hydroxylation is 1. The summed E-state index contributed by atoms with van der Waals surface area (Å²) in [5.74, 6) is 0. The van der Waals surface area contributed by atoms with Crippen LogP contribution in [-0.4, -0.2) is 30.4 Å². The number of benzene rings is 1. The minimum Gasteiger partial charge on any atom is -0.221 e. The Balaban J connectivity index is 2.24. The van der Waals surface area contributed by atoms with Crippen LogP contribution in [-0.2, 0) is 9.84 Å². The standard InChI is InChI=1S/C15H20N4O2S/c1-10-6-8-11(9-7-10)22(20,21)15-12(13(2,3)17-19-15)16-18-14(15,4)5/h6-9,12H,1-5H3. The molecule has 7 heteroatoms. The lowest BCUT2D eigenvalue weighted by Crippen LogP contribution is -2.58. The number of sulfone groups is 1. The van der Waals surface area contributed by atoms with E-state index in [0.717, 1.165) is 5.56 Å². The van der Waals surface area contributed by atoms with E-state index in [-0.39, 0.29) is 4.90 Å². The van der Waals surface area contributed by atoms with Crippen LogP contribution in [0.3, 0.4) is 0 Å². The third-order valence-electron chi connectivity index (χ3n) is 4.54. The molecular formula is C15H20N4O2S. The van der Waals surface area contributed by atoms with Crippen molar-refractivity contribution in [3.05, 3.63) is 29.8 Å². The summed E-state index contributed by atoms with van der Waals surface area (Å²) in [6.45, 7) is 9.10. The molecule has 2 aliphatic rings. The Bertz CT molecular complexity index is 778. The van der Waals surface area contributed by atoms with Crippen LogP contribution in [0.4, 0.5) is 0 Å². The minimum absolute atomic E-state index is 0.236. The molecule has 0 fully saturated rings. The Morgan fingerprint density at radius 2 is 1.55 bits per heavy atom. The van der Waals surface area contributed by atoms with Gasteiger partial charge in [0.2, 0.25) is 14.7 Å². The van der Waals surface area contributed by atoms with E-state index in [2.05, 4.69) is 20.5 Å². The van der Waals surface area contributed by atoms with Crippen molar-refractivity contribution < 1.29 is 8.42 Å². The molecule has 2 unspecified atom stereocenters. The Morgan fingerprint density at radius 3 is 2.14 bits per heavy atom. The van der Waals surface area contributed by atoms with Gasteiger partial charge in [-0.15, -0.1) is 0 Å². The first-order valence-electron chi connectivity index (χ1n) is 7.22. The van der Waals surface area contributed by atoms with Crippen molar-refractivity contribution in [3.63, 3.8) is 0 Å². The van der Waals surface area contributed by atoms with E-state index in [9.17, 15) is 8.42 Å². The van der Waals surface area contributed by atoms with Crippen molar-refractivity contribution in [1.29, 1.82) is 0 Å². The van der Waals surface area contributed by atoms with Gasteiger partial charge in [0.25, 0.3) is 0 Å². The molecule has 118 valence electrons. The number of hydrogen-bond donors (Lipinski definition) is 0. The summed E-state index contributed by atoms with van der Waals surface area (Å²) in [6, 6.07) is 6.19. The fraction of sp³-hybridized carbons (Fsp3) is 0.600. The number of fused-ring (bicyclic) bond motifs is 1. The van der Waals surface area contributed by atoms with E-state index in [0.29, 0.717) is 0 Å². The molecule has 0 saturated carbocycles. The molecule has 1 aromatic rings. The summed E-state index contributed by atoms with van der Waals surface area (Å²) in [5, 5.41) is 16.9. The van der Waals surface area contributed by atoms with Crippen LogP contribution in [0.5, 0.6) is 0 Å². The third kappa shape index (κ3) is 1.68. The second-order valence-electron chi connectivity index (χ2n) is 7.04. The zero-order valence-electron chi connectivity index (χ0n) is 13.4. The maximum absolute atomic E-state index is 13.4. The van der Waals surface area contributed by atoms with E-state index >= 15 is 0 Å². The van der Waals surface area contributed by atoms with Gasteiger partial charge in [-0.05, 0) is 46.8 Å². The zero-order chi connectivity index (χ0) is 16.4. The van der Waals surface area contributed by atoms with Crippen LogP contribution in [0.1, 0.15) is 33.3 Å². The normalized spacial score (nSPS) is 31.4. The summed E-state index contributed by atoms with van der Waals surface area (Å²) in [7, 11) is -3.78. The molecule has 0 bridgehead atoms. The molecule has 2 aliphatic heterocycles. The van der Waals surface area contributed by atoms with Gasteiger partial charge in [0, 0.05) is 0 Å². The van der Waals surface area contributed by atoms with Gasteiger partial charge in [0.1, 0.15) is 17.1 Å². The van der Waals surface area contributed by atoms with E-state index < -0.39 is 31.8 Å². The van der Waals surface area contributed by atoms with Gasteiger partial charge in [-0.3, -0.25) is 0 Å². The van der Waals surface area contributed by atoms with Crippen molar-refractivity contribution in [1.82, 2.24) is 0 Å². The number of azo groups is 2. The Kier molecular flexibility index (Phi) is 2.93. The molecule has 2 atom stereocenters. The average molecular weight is 320 g/mol. The highest BCUT2D eigenvalue weighted by Gasteiger charge is 2.72. The summed E-state index contributed by atoms with van der Waals surface area (Å²) >= 11 is 0. The van der Waals surface area contributed by atoms with Gasteiger partial charge >= 0.3 is 0 Å². The minimum atomic E-state index is -3.78. The summed E-state index contributed by atoms with van der Waals surface area (Å²) < 4.78 is 26.8. The van der Waals surface area contributed by atoms with Crippen molar-refractivity contribution in [2.24, 2.45) is 20.5 Å². The fourth-order valence-electron chi connectivity index (χ4n) is 3.17. The Hall–Kier alpha value is -1.63. The molecule has 0 N–H and O–H groups in total. The van der Waals surface area contributed by atoms with E-state index in [1.54, 1.807) is 38.1 Å². The van der Waals surface area contributed by atoms with Crippen molar-refractivity contribution in [3.8, 4) is 0 Å². The first-order valence-corrected chi connectivity index (χ1v) is 8.70. The topological polar surface area (TPSA) is 83.6 Å².